The second-order valence-electron chi connectivity index (χ2n) is 3.65. The van der Waals surface area contributed by atoms with Crippen molar-refractivity contribution in [1.29, 1.82) is 0 Å². The van der Waals surface area contributed by atoms with Crippen molar-refractivity contribution in [1.82, 2.24) is 5.32 Å². The molecule has 0 aromatic heterocycles. The largest absolute Gasteiger partial charge is 0.481 e. The van der Waals surface area contributed by atoms with E-state index in [1.807, 2.05) is 12.2 Å². The maximum Gasteiger partial charge on any atom is 0.305 e. The van der Waals surface area contributed by atoms with E-state index in [4.69, 9.17) is 5.11 Å². The van der Waals surface area contributed by atoms with Crippen molar-refractivity contribution in [2.75, 3.05) is 0 Å². The molecule has 0 saturated carbocycles. The zero-order valence-electron chi connectivity index (χ0n) is 8.19. The van der Waals surface area contributed by atoms with E-state index < -0.39 is 5.97 Å². The molecule has 4 heteroatoms. The lowest BCUT2D eigenvalue weighted by Gasteiger charge is -2.15. The minimum absolute atomic E-state index is 0.00578. The van der Waals surface area contributed by atoms with Crippen molar-refractivity contribution in [3.63, 3.8) is 0 Å². The van der Waals surface area contributed by atoms with Gasteiger partial charge in [0, 0.05) is 12.0 Å². The SMILES string of the molecule is CC(CC(=O)O)NC(=O)C1CC=CC1. The molecule has 0 heterocycles. The number of carboxylic acids is 1. The van der Waals surface area contributed by atoms with E-state index in [9.17, 15) is 9.59 Å². The lowest BCUT2D eigenvalue weighted by Crippen LogP contribution is -2.37. The highest BCUT2D eigenvalue weighted by molar-refractivity contribution is 5.80. The zero-order valence-corrected chi connectivity index (χ0v) is 8.19. The maximum absolute atomic E-state index is 11.5. The summed E-state index contributed by atoms with van der Waals surface area (Å²) in [6.07, 6.45) is 5.47. The van der Waals surface area contributed by atoms with Gasteiger partial charge in [-0.2, -0.15) is 0 Å². The summed E-state index contributed by atoms with van der Waals surface area (Å²) in [6, 6.07) is -0.291. The molecule has 0 spiro atoms. The van der Waals surface area contributed by atoms with E-state index in [0.29, 0.717) is 0 Å². The second-order valence-corrected chi connectivity index (χ2v) is 3.65. The summed E-state index contributed by atoms with van der Waals surface area (Å²) < 4.78 is 0. The molecule has 1 amide bonds. The molecule has 0 aromatic rings. The summed E-state index contributed by atoms with van der Waals surface area (Å²) >= 11 is 0. The zero-order chi connectivity index (χ0) is 10.6. The van der Waals surface area contributed by atoms with Gasteiger partial charge < -0.3 is 10.4 Å². The third-order valence-corrected chi connectivity index (χ3v) is 2.25. The molecular formula is C10H15NO3. The van der Waals surface area contributed by atoms with Crippen LogP contribution in [0.4, 0.5) is 0 Å². The van der Waals surface area contributed by atoms with Gasteiger partial charge >= 0.3 is 5.97 Å². The van der Waals surface area contributed by atoms with Crippen LogP contribution in [0.25, 0.3) is 0 Å². The quantitative estimate of drug-likeness (QED) is 0.659. The number of carboxylic acid groups (broad SMARTS) is 1. The summed E-state index contributed by atoms with van der Waals surface area (Å²) in [5.41, 5.74) is 0. The maximum atomic E-state index is 11.5. The van der Waals surface area contributed by atoms with Crippen LogP contribution in [-0.4, -0.2) is 23.0 Å². The Kier molecular flexibility index (Phi) is 3.68. The summed E-state index contributed by atoms with van der Waals surface area (Å²) in [5.74, 6) is -0.919. The number of hydrogen-bond acceptors (Lipinski definition) is 2. The molecule has 1 unspecified atom stereocenters. The summed E-state index contributed by atoms with van der Waals surface area (Å²) in [4.78, 5) is 21.8. The number of carbonyl (C=O) groups is 2. The van der Waals surface area contributed by atoms with Crippen molar-refractivity contribution in [3.05, 3.63) is 12.2 Å². The molecule has 1 aliphatic carbocycles. The Morgan fingerprint density at radius 2 is 2.07 bits per heavy atom. The molecule has 14 heavy (non-hydrogen) atoms. The summed E-state index contributed by atoms with van der Waals surface area (Å²) in [6.45, 7) is 1.70. The fourth-order valence-electron chi connectivity index (χ4n) is 1.50. The van der Waals surface area contributed by atoms with Gasteiger partial charge in [-0.05, 0) is 19.8 Å². The van der Waals surface area contributed by atoms with E-state index in [1.165, 1.54) is 0 Å². The van der Waals surface area contributed by atoms with Gasteiger partial charge in [0.25, 0.3) is 0 Å². The first-order valence-corrected chi connectivity index (χ1v) is 4.76. The molecule has 1 rings (SSSR count). The predicted octanol–water partition coefficient (Wildman–Crippen LogP) is 0.932. The Balaban J connectivity index is 2.29. The minimum Gasteiger partial charge on any atom is -0.481 e. The molecule has 1 aliphatic rings. The molecular weight excluding hydrogens is 182 g/mol. The second kappa shape index (κ2) is 4.79. The van der Waals surface area contributed by atoms with Crippen LogP contribution in [0.2, 0.25) is 0 Å². The van der Waals surface area contributed by atoms with Crippen molar-refractivity contribution < 1.29 is 14.7 Å². The molecule has 1 atom stereocenters. The first-order valence-electron chi connectivity index (χ1n) is 4.76. The fraction of sp³-hybridized carbons (Fsp3) is 0.600. The van der Waals surface area contributed by atoms with Crippen LogP contribution in [0.3, 0.4) is 0 Å². The van der Waals surface area contributed by atoms with Gasteiger partial charge in [0.15, 0.2) is 0 Å². The molecule has 2 N–H and O–H groups in total. The highest BCUT2D eigenvalue weighted by Gasteiger charge is 2.21. The number of hydrogen-bond donors (Lipinski definition) is 2. The molecule has 4 nitrogen and oxygen atoms in total. The number of rotatable bonds is 4. The monoisotopic (exact) mass is 197 g/mol. The smallest absolute Gasteiger partial charge is 0.305 e. The molecule has 0 aliphatic heterocycles. The van der Waals surface area contributed by atoms with E-state index in [2.05, 4.69) is 5.32 Å². The summed E-state index contributed by atoms with van der Waals surface area (Å²) in [7, 11) is 0. The van der Waals surface area contributed by atoms with Gasteiger partial charge in [-0.1, -0.05) is 12.2 Å². The van der Waals surface area contributed by atoms with Gasteiger partial charge in [-0.15, -0.1) is 0 Å². The normalized spacial score (nSPS) is 18.1. The van der Waals surface area contributed by atoms with Crippen LogP contribution in [0.15, 0.2) is 12.2 Å². The third-order valence-electron chi connectivity index (χ3n) is 2.25. The van der Waals surface area contributed by atoms with Gasteiger partial charge in [-0.3, -0.25) is 9.59 Å². The predicted molar refractivity (Wildman–Crippen MR) is 51.7 cm³/mol. The Hall–Kier alpha value is -1.32. The standard InChI is InChI=1S/C10H15NO3/c1-7(6-9(12)13)11-10(14)8-4-2-3-5-8/h2-3,7-8H,4-6H2,1H3,(H,11,14)(H,12,13). The van der Waals surface area contributed by atoms with Gasteiger partial charge in [0.05, 0.1) is 6.42 Å². The lowest BCUT2D eigenvalue weighted by molar-refractivity contribution is -0.137. The van der Waals surface area contributed by atoms with Gasteiger partial charge in [0.2, 0.25) is 5.91 Å². The Morgan fingerprint density at radius 3 is 2.57 bits per heavy atom. The Labute approximate surface area is 83.0 Å². The molecule has 0 fully saturated rings. The molecule has 0 aromatic carbocycles. The Bertz CT molecular complexity index is 252. The molecule has 0 bridgehead atoms. The van der Waals surface area contributed by atoms with Crippen molar-refractivity contribution in [3.8, 4) is 0 Å². The molecule has 0 saturated heterocycles. The topological polar surface area (TPSA) is 66.4 Å². The van der Waals surface area contributed by atoms with E-state index in [-0.39, 0.29) is 24.3 Å². The Morgan fingerprint density at radius 1 is 1.50 bits per heavy atom. The van der Waals surface area contributed by atoms with Crippen LogP contribution in [0.5, 0.6) is 0 Å². The van der Waals surface area contributed by atoms with E-state index in [1.54, 1.807) is 6.92 Å². The van der Waals surface area contributed by atoms with Crippen molar-refractivity contribution in [2.24, 2.45) is 5.92 Å². The van der Waals surface area contributed by atoms with E-state index in [0.717, 1.165) is 12.8 Å². The first-order chi connectivity index (χ1) is 6.59. The number of amides is 1. The van der Waals surface area contributed by atoms with Crippen LogP contribution in [-0.2, 0) is 9.59 Å². The molecule has 78 valence electrons. The van der Waals surface area contributed by atoms with Crippen LogP contribution in [0, 0.1) is 5.92 Å². The van der Waals surface area contributed by atoms with Crippen LogP contribution in [0.1, 0.15) is 26.2 Å². The third kappa shape index (κ3) is 3.20. The number of nitrogens with one attached hydrogen (secondary N) is 1. The lowest BCUT2D eigenvalue weighted by atomic mass is 10.1. The fourth-order valence-corrected chi connectivity index (χ4v) is 1.50. The highest BCUT2D eigenvalue weighted by atomic mass is 16.4. The number of carbonyl (C=O) groups excluding carboxylic acids is 1. The van der Waals surface area contributed by atoms with Crippen LogP contribution < -0.4 is 5.32 Å². The van der Waals surface area contributed by atoms with Crippen molar-refractivity contribution in [2.45, 2.75) is 32.2 Å². The van der Waals surface area contributed by atoms with Crippen molar-refractivity contribution >= 4 is 11.9 Å². The van der Waals surface area contributed by atoms with Gasteiger partial charge in [0.1, 0.15) is 0 Å². The highest BCUT2D eigenvalue weighted by Crippen LogP contribution is 2.17. The average molecular weight is 197 g/mol. The van der Waals surface area contributed by atoms with E-state index >= 15 is 0 Å². The summed E-state index contributed by atoms with van der Waals surface area (Å²) in [5, 5.41) is 11.2. The van der Waals surface area contributed by atoms with Crippen LogP contribution >= 0.6 is 0 Å². The first kappa shape index (κ1) is 10.8. The van der Waals surface area contributed by atoms with Gasteiger partial charge in [-0.25, -0.2) is 0 Å². The minimum atomic E-state index is -0.887. The number of aliphatic carboxylic acids is 1. The number of allylic oxidation sites excluding steroid dienone is 2. The average Bonchev–Trinajstić information content (AvgIpc) is 2.53. The molecule has 0 radical (unpaired) electrons.